The van der Waals surface area contributed by atoms with Gasteiger partial charge in [-0.25, -0.2) is 0 Å². The van der Waals surface area contributed by atoms with Gasteiger partial charge in [0.2, 0.25) is 0 Å². The second-order valence-electron chi connectivity index (χ2n) is 6.73. The molecule has 0 bridgehead atoms. The van der Waals surface area contributed by atoms with Gasteiger partial charge in [-0.3, -0.25) is 9.00 Å². The fourth-order valence-electron chi connectivity index (χ4n) is 3.23. The van der Waals surface area contributed by atoms with Crippen LogP contribution in [0.4, 0.5) is 0 Å². The number of hydrogen-bond acceptors (Lipinski definition) is 3. The summed E-state index contributed by atoms with van der Waals surface area (Å²) in [5, 5.41) is 3.09. The molecule has 140 valence electrons. The first-order valence-electron chi connectivity index (χ1n) is 9.15. The van der Waals surface area contributed by atoms with Crippen LogP contribution in [0, 0.1) is 0 Å². The van der Waals surface area contributed by atoms with Crippen LogP contribution in [0.5, 0.6) is 0 Å². The fraction of sp³-hybridized carbons (Fsp3) is 0.450. The molecule has 26 heavy (non-hydrogen) atoms. The first kappa shape index (κ1) is 19.4. The Morgan fingerprint density at radius 1 is 1.04 bits per heavy atom. The normalized spacial score (nSPS) is 17.3. The third-order valence-corrected chi connectivity index (χ3v) is 6.55. The van der Waals surface area contributed by atoms with Gasteiger partial charge in [0.1, 0.15) is 5.76 Å². The molecule has 1 aliphatic rings. The summed E-state index contributed by atoms with van der Waals surface area (Å²) in [6.45, 7) is 0. The molecule has 1 saturated carbocycles. The SMILES string of the molecule is O=C(NC1CCCCCCC1)c1ccc(C[S@](=O)c2ccc(Br)cc2)o1. The maximum atomic E-state index is 12.4. The van der Waals surface area contributed by atoms with E-state index >= 15 is 0 Å². The number of halogens is 1. The third-order valence-electron chi connectivity index (χ3n) is 4.68. The summed E-state index contributed by atoms with van der Waals surface area (Å²) in [7, 11) is -1.20. The summed E-state index contributed by atoms with van der Waals surface area (Å²) in [5.74, 6) is 0.957. The van der Waals surface area contributed by atoms with E-state index in [9.17, 15) is 9.00 Å². The molecule has 1 amide bonds. The molecule has 0 aliphatic heterocycles. The number of carbonyl (C=O) groups excluding carboxylic acids is 1. The van der Waals surface area contributed by atoms with E-state index in [0.29, 0.717) is 11.5 Å². The van der Waals surface area contributed by atoms with Crippen LogP contribution < -0.4 is 5.32 Å². The van der Waals surface area contributed by atoms with Crippen LogP contribution in [0.25, 0.3) is 0 Å². The highest BCUT2D eigenvalue weighted by Gasteiger charge is 2.18. The van der Waals surface area contributed by atoms with E-state index in [1.807, 2.05) is 24.3 Å². The molecule has 0 unspecified atom stereocenters. The molecular formula is C20H24BrNO3S. The second kappa shape index (κ2) is 9.51. The van der Waals surface area contributed by atoms with Crippen LogP contribution in [-0.2, 0) is 16.6 Å². The number of benzene rings is 1. The Morgan fingerprint density at radius 3 is 2.38 bits per heavy atom. The molecule has 1 aromatic heterocycles. The second-order valence-corrected chi connectivity index (χ2v) is 9.09. The Bertz CT molecular complexity index is 749. The molecule has 1 N–H and O–H groups in total. The van der Waals surface area contributed by atoms with Crippen molar-refractivity contribution in [3.8, 4) is 0 Å². The minimum atomic E-state index is -1.20. The maximum Gasteiger partial charge on any atom is 0.287 e. The van der Waals surface area contributed by atoms with Crippen molar-refractivity contribution >= 4 is 32.6 Å². The lowest BCUT2D eigenvalue weighted by Gasteiger charge is -2.20. The highest BCUT2D eigenvalue weighted by molar-refractivity contribution is 9.10. The van der Waals surface area contributed by atoms with Crippen LogP contribution in [0.3, 0.4) is 0 Å². The molecule has 1 aliphatic carbocycles. The van der Waals surface area contributed by atoms with Crippen LogP contribution >= 0.6 is 15.9 Å². The summed E-state index contributed by atoms with van der Waals surface area (Å²) in [5.41, 5.74) is 0. The van der Waals surface area contributed by atoms with Gasteiger partial charge in [0.05, 0.1) is 16.6 Å². The van der Waals surface area contributed by atoms with Crippen molar-refractivity contribution in [2.24, 2.45) is 0 Å². The van der Waals surface area contributed by atoms with Crippen LogP contribution in [-0.4, -0.2) is 16.2 Å². The van der Waals surface area contributed by atoms with E-state index in [2.05, 4.69) is 21.2 Å². The van der Waals surface area contributed by atoms with E-state index in [4.69, 9.17) is 4.42 Å². The Labute approximate surface area is 165 Å². The standard InChI is InChI=1S/C20H24BrNO3S/c21-15-8-11-18(12-9-15)26(24)14-17-10-13-19(25-17)20(23)22-16-6-4-2-1-3-5-7-16/h8-13,16H,1-7,14H2,(H,22,23)/t26-/m0/s1. The first-order valence-corrected chi connectivity index (χ1v) is 11.3. The molecule has 6 heteroatoms. The van der Waals surface area contributed by atoms with Crippen molar-refractivity contribution in [2.45, 2.75) is 61.6 Å². The maximum absolute atomic E-state index is 12.4. The Kier molecular flexibility index (Phi) is 7.08. The minimum Gasteiger partial charge on any atom is -0.455 e. The summed E-state index contributed by atoms with van der Waals surface area (Å²) in [6, 6.07) is 11.0. The zero-order valence-electron chi connectivity index (χ0n) is 14.7. The Morgan fingerprint density at radius 2 is 1.69 bits per heavy atom. The van der Waals surface area contributed by atoms with Gasteiger partial charge in [0.25, 0.3) is 5.91 Å². The zero-order chi connectivity index (χ0) is 18.4. The predicted molar refractivity (Wildman–Crippen MR) is 107 cm³/mol. The fourth-order valence-corrected chi connectivity index (χ4v) is 4.52. The predicted octanol–water partition coefficient (Wildman–Crippen LogP) is 5.19. The van der Waals surface area contributed by atoms with Crippen molar-refractivity contribution in [2.75, 3.05) is 0 Å². The number of hydrogen-bond donors (Lipinski definition) is 1. The number of furan rings is 1. The molecular weight excluding hydrogens is 414 g/mol. The largest absolute Gasteiger partial charge is 0.455 e. The van der Waals surface area contributed by atoms with Gasteiger partial charge < -0.3 is 9.73 Å². The van der Waals surface area contributed by atoms with Crippen molar-refractivity contribution < 1.29 is 13.4 Å². The van der Waals surface area contributed by atoms with Gasteiger partial charge in [0, 0.05) is 15.4 Å². The van der Waals surface area contributed by atoms with Gasteiger partial charge >= 0.3 is 0 Å². The quantitative estimate of drug-likeness (QED) is 0.699. The number of rotatable bonds is 5. The lowest BCUT2D eigenvalue weighted by Crippen LogP contribution is -2.35. The van der Waals surface area contributed by atoms with E-state index < -0.39 is 10.8 Å². The molecule has 1 fully saturated rings. The average molecular weight is 438 g/mol. The smallest absolute Gasteiger partial charge is 0.287 e. The van der Waals surface area contributed by atoms with Gasteiger partial charge in [0.15, 0.2) is 5.76 Å². The minimum absolute atomic E-state index is 0.170. The molecule has 2 aromatic rings. The molecule has 1 aromatic carbocycles. The molecule has 1 atom stereocenters. The molecule has 0 saturated heterocycles. The Balaban J connectivity index is 1.57. The first-order chi connectivity index (χ1) is 12.6. The molecule has 4 nitrogen and oxygen atoms in total. The van der Waals surface area contributed by atoms with Crippen LogP contribution in [0.15, 0.2) is 50.2 Å². The summed E-state index contributed by atoms with van der Waals surface area (Å²) < 4.78 is 19.0. The van der Waals surface area contributed by atoms with Crippen LogP contribution in [0.2, 0.25) is 0 Å². The third kappa shape index (κ3) is 5.55. The van der Waals surface area contributed by atoms with Gasteiger partial charge in [-0.2, -0.15) is 0 Å². The van der Waals surface area contributed by atoms with Crippen molar-refractivity contribution in [1.82, 2.24) is 5.32 Å². The molecule has 0 radical (unpaired) electrons. The highest BCUT2D eigenvalue weighted by Crippen LogP contribution is 2.20. The highest BCUT2D eigenvalue weighted by atomic mass is 79.9. The van der Waals surface area contributed by atoms with Gasteiger partial charge in [-0.15, -0.1) is 0 Å². The van der Waals surface area contributed by atoms with Crippen molar-refractivity contribution in [3.05, 3.63) is 52.4 Å². The molecule has 1 heterocycles. The summed E-state index contributed by atoms with van der Waals surface area (Å²) in [4.78, 5) is 13.2. The lowest BCUT2D eigenvalue weighted by molar-refractivity contribution is 0.0901. The number of carbonyl (C=O) groups is 1. The van der Waals surface area contributed by atoms with E-state index in [-0.39, 0.29) is 17.7 Å². The lowest BCUT2D eigenvalue weighted by atomic mass is 9.97. The zero-order valence-corrected chi connectivity index (χ0v) is 17.1. The summed E-state index contributed by atoms with van der Waals surface area (Å²) in [6.07, 6.45) is 8.21. The van der Waals surface area contributed by atoms with Crippen molar-refractivity contribution in [1.29, 1.82) is 0 Å². The van der Waals surface area contributed by atoms with E-state index in [1.165, 1.54) is 32.1 Å². The van der Waals surface area contributed by atoms with E-state index in [0.717, 1.165) is 22.2 Å². The molecule has 0 spiro atoms. The summed E-state index contributed by atoms with van der Waals surface area (Å²) >= 11 is 3.37. The van der Waals surface area contributed by atoms with Crippen LogP contribution in [0.1, 0.15) is 61.3 Å². The van der Waals surface area contributed by atoms with Gasteiger partial charge in [-0.1, -0.05) is 48.0 Å². The average Bonchev–Trinajstić information content (AvgIpc) is 3.06. The number of nitrogens with one attached hydrogen (secondary N) is 1. The van der Waals surface area contributed by atoms with E-state index in [1.54, 1.807) is 12.1 Å². The van der Waals surface area contributed by atoms with Gasteiger partial charge in [-0.05, 0) is 49.2 Å². The molecule has 3 rings (SSSR count). The van der Waals surface area contributed by atoms with Crippen molar-refractivity contribution in [3.63, 3.8) is 0 Å². The monoisotopic (exact) mass is 437 g/mol. The Hall–Kier alpha value is -1.40. The topological polar surface area (TPSA) is 59.3 Å². The number of amides is 1.